The van der Waals surface area contributed by atoms with Gasteiger partial charge in [0.1, 0.15) is 0 Å². The zero-order valence-electron chi connectivity index (χ0n) is 14.2. The molecule has 2 aliphatic rings. The molecule has 1 saturated carbocycles. The van der Waals surface area contributed by atoms with E-state index < -0.39 is 0 Å². The molecule has 0 radical (unpaired) electrons. The first kappa shape index (κ1) is 16.5. The van der Waals surface area contributed by atoms with Crippen LogP contribution in [-0.2, 0) is 11.3 Å². The van der Waals surface area contributed by atoms with Crippen LogP contribution in [0.1, 0.15) is 60.3 Å². The van der Waals surface area contributed by atoms with E-state index >= 15 is 0 Å². The molecule has 1 saturated heterocycles. The fourth-order valence-corrected chi connectivity index (χ4v) is 3.69. The maximum absolute atomic E-state index is 12.3. The molecule has 4 rings (SSSR count). The number of hydrogen-bond donors (Lipinski definition) is 0. The van der Waals surface area contributed by atoms with Crippen LogP contribution in [0.15, 0.2) is 27.3 Å². The average Bonchev–Trinajstić information content (AvgIpc) is 3.38. The molecule has 2 aromatic heterocycles. The smallest absolute Gasteiger partial charge is 0.240 e. The van der Waals surface area contributed by atoms with Gasteiger partial charge in [-0.2, -0.15) is 4.98 Å². The number of ether oxygens (including phenoxy) is 1. The van der Waals surface area contributed by atoms with Crippen molar-refractivity contribution in [3.8, 4) is 0 Å². The highest BCUT2D eigenvalue weighted by molar-refractivity contribution is 5.93. The normalized spacial score (nSPS) is 22.5. The van der Waals surface area contributed by atoms with Gasteiger partial charge in [0.15, 0.2) is 17.4 Å². The van der Waals surface area contributed by atoms with Crippen molar-refractivity contribution in [1.29, 1.82) is 0 Å². The Bertz CT molecular complexity index is 691. The predicted octanol–water partition coefficient (Wildman–Crippen LogP) is 2.79. The number of ketones is 1. The highest BCUT2D eigenvalue weighted by Crippen LogP contribution is 2.32. The molecule has 2 aromatic rings. The van der Waals surface area contributed by atoms with Gasteiger partial charge < -0.3 is 13.7 Å². The molecule has 3 heterocycles. The molecule has 2 fully saturated rings. The fourth-order valence-electron chi connectivity index (χ4n) is 3.69. The maximum Gasteiger partial charge on any atom is 0.240 e. The number of furan rings is 1. The van der Waals surface area contributed by atoms with Gasteiger partial charge in [-0.25, -0.2) is 0 Å². The number of carbonyl (C=O) groups excluding carboxylic acids is 1. The lowest BCUT2D eigenvalue weighted by atomic mass is 10.1. The van der Waals surface area contributed by atoms with E-state index in [0.717, 1.165) is 25.2 Å². The molecule has 0 aromatic carbocycles. The molecular formula is C18H23N3O4. The monoisotopic (exact) mass is 345 g/mol. The maximum atomic E-state index is 12.3. The van der Waals surface area contributed by atoms with Crippen molar-refractivity contribution in [2.24, 2.45) is 0 Å². The molecule has 7 nitrogen and oxygen atoms in total. The molecule has 1 unspecified atom stereocenters. The summed E-state index contributed by atoms with van der Waals surface area (Å²) in [5.74, 6) is 2.29. The van der Waals surface area contributed by atoms with Gasteiger partial charge in [-0.3, -0.25) is 9.69 Å². The van der Waals surface area contributed by atoms with Crippen LogP contribution in [-0.4, -0.2) is 46.6 Å². The largest absolute Gasteiger partial charge is 0.461 e. The summed E-state index contributed by atoms with van der Waals surface area (Å²) in [6.45, 7) is 2.47. The topological polar surface area (TPSA) is 81.6 Å². The van der Waals surface area contributed by atoms with Gasteiger partial charge in [0.25, 0.3) is 0 Å². The zero-order valence-corrected chi connectivity index (χ0v) is 14.2. The van der Waals surface area contributed by atoms with Crippen LogP contribution in [0.2, 0.25) is 0 Å². The molecule has 0 bridgehead atoms. The molecule has 0 spiro atoms. The van der Waals surface area contributed by atoms with Gasteiger partial charge in [-0.15, -0.1) is 0 Å². The van der Waals surface area contributed by atoms with Gasteiger partial charge in [0, 0.05) is 24.9 Å². The van der Waals surface area contributed by atoms with Crippen molar-refractivity contribution in [2.75, 3.05) is 19.8 Å². The van der Waals surface area contributed by atoms with Gasteiger partial charge in [0.2, 0.25) is 5.89 Å². The number of rotatable bonds is 6. The summed E-state index contributed by atoms with van der Waals surface area (Å²) in [5.41, 5.74) is 0. The van der Waals surface area contributed by atoms with Crippen LogP contribution in [0.4, 0.5) is 0 Å². The summed E-state index contributed by atoms with van der Waals surface area (Å²) < 4.78 is 16.2. The molecule has 1 atom stereocenters. The number of carbonyl (C=O) groups is 1. The van der Waals surface area contributed by atoms with Crippen LogP contribution in [0, 0.1) is 0 Å². The minimum absolute atomic E-state index is 0.00631. The summed E-state index contributed by atoms with van der Waals surface area (Å²) in [6.07, 6.45) is 6.67. The molecule has 134 valence electrons. The second-order valence-electron chi connectivity index (χ2n) is 6.83. The van der Waals surface area contributed by atoms with Crippen LogP contribution in [0.3, 0.4) is 0 Å². The van der Waals surface area contributed by atoms with Crippen molar-refractivity contribution >= 4 is 5.78 Å². The lowest BCUT2D eigenvalue weighted by Crippen LogP contribution is -2.45. The highest BCUT2D eigenvalue weighted by Gasteiger charge is 2.29. The van der Waals surface area contributed by atoms with E-state index in [2.05, 4.69) is 15.0 Å². The van der Waals surface area contributed by atoms with Crippen molar-refractivity contribution in [2.45, 2.75) is 50.6 Å². The van der Waals surface area contributed by atoms with Crippen molar-refractivity contribution in [3.05, 3.63) is 35.9 Å². The molecule has 0 N–H and O–H groups in total. The van der Waals surface area contributed by atoms with Crippen molar-refractivity contribution in [3.63, 3.8) is 0 Å². The van der Waals surface area contributed by atoms with E-state index in [1.807, 2.05) is 0 Å². The number of Topliss-reactive ketones (excluding diaryl/α,β-unsaturated/α-hetero) is 1. The molecule has 1 aliphatic heterocycles. The van der Waals surface area contributed by atoms with Crippen molar-refractivity contribution in [1.82, 2.24) is 15.0 Å². The quantitative estimate of drug-likeness (QED) is 0.745. The third-order valence-corrected chi connectivity index (χ3v) is 5.11. The molecule has 7 heteroatoms. The number of aromatic nitrogens is 2. The lowest BCUT2D eigenvalue weighted by molar-refractivity contribution is -0.0167. The Morgan fingerprint density at radius 2 is 2.20 bits per heavy atom. The Morgan fingerprint density at radius 1 is 1.32 bits per heavy atom. The first-order valence-corrected chi connectivity index (χ1v) is 9.00. The lowest BCUT2D eigenvalue weighted by Gasteiger charge is -2.34. The molecule has 0 amide bonds. The first-order chi connectivity index (χ1) is 12.3. The van der Waals surface area contributed by atoms with E-state index in [9.17, 15) is 4.79 Å². The van der Waals surface area contributed by atoms with Crippen molar-refractivity contribution < 1.29 is 18.5 Å². The van der Waals surface area contributed by atoms with E-state index in [1.54, 1.807) is 12.1 Å². The first-order valence-electron chi connectivity index (χ1n) is 9.00. The Morgan fingerprint density at radius 3 is 3.00 bits per heavy atom. The predicted molar refractivity (Wildman–Crippen MR) is 88.2 cm³/mol. The zero-order chi connectivity index (χ0) is 17.1. The Labute approximate surface area is 146 Å². The molecule has 25 heavy (non-hydrogen) atoms. The van der Waals surface area contributed by atoms with Gasteiger partial charge in [0.05, 0.1) is 26.0 Å². The second-order valence-corrected chi connectivity index (χ2v) is 6.83. The Kier molecular flexibility index (Phi) is 4.94. The Balaban J connectivity index is 1.40. The van der Waals surface area contributed by atoms with E-state index in [4.69, 9.17) is 13.7 Å². The third kappa shape index (κ3) is 3.82. The Hall–Kier alpha value is -1.99. The summed E-state index contributed by atoms with van der Waals surface area (Å²) in [6, 6.07) is 3.42. The minimum atomic E-state index is -0.0114. The molecule has 1 aliphatic carbocycles. The molecular weight excluding hydrogens is 322 g/mol. The van der Waals surface area contributed by atoms with Gasteiger partial charge in [-0.1, -0.05) is 18.0 Å². The summed E-state index contributed by atoms with van der Waals surface area (Å²) >= 11 is 0. The highest BCUT2D eigenvalue weighted by atomic mass is 16.5. The fraction of sp³-hybridized carbons (Fsp3) is 0.611. The minimum Gasteiger partial charge on any atom is -0.461 e. The van der Waals surface area contributed by atoms with E-state index in [-0.39, 0.29) is 11.8 Å². The number of morpholine rings is 1. The average molecular weight is 345 g/mol. The summed E-state index contributed by atoms with van der Waals surface area (Å²) in [7, 11) is 0. The van der Waals surface area contributed by atoms with E-state index in [0.29, 0.717) is 43.7 Å². The standard InChI is InChI=1S/C18H23N3O4/c22-15(16-6-3-8-24-16)10-14-12-23-9-7-21(14)11-17-19-18(20-25-17)13-4-1-2-5-13/h3,6,8,13-14H,1-2,4-5,7,9-12H2. The number of nitrogens with zero attached hydrogens (tertiary/aromatic N) is 3. The van der Waals surface area contributed by atoms with Crippen LogP contribution in [0.5, 0.6) is 0 Å². The number of hydrogen-bond acceptors (Lipinski definition) is 7. The van der Waals surface area contributed by atoms with Crippen LogP contribution < -0.4 is 0 Å². The third-order valence-electron chi connectivity index (χ3n) is 5.11. The summed E-state index contributed by atoms with van der Waals surface area (Å²) in [5, 5.41) is 4.16. The van der Waals surface area contributed by atoms with Gasteiger partial charge in [-0.05, 0) is 25.0 Å². The summed E-state index contributed by atoms with van der Waals surface area (Å²) in [4.78, 5) is 19.1. The van der Waals surface area contributed by atoms with E-state index in [1.165, 1.54) is 19.1 Å². The second kappa shape index (κ2) is 7.49. The van der Waals surface area contributed by atoms with Crippen LogP contribution >= 0.6 is 0 Å². The SMILES string of the molecule is O=C(CC1COCCN1Cc1nc(C2CCCC2)no1)c1ccco1. The van der Waals surface area contributed by atoms with Crippen LogP contribution in [0.25, 0.3) is 0 Å². The van der Waals surface area contributed by atoms with Gasteiger partial charge >= 0.3 is 0 Å².